The Morgan fingerprint density at radius 3 is 2.39 bits per heavy atom. The number of nitrogens with one attached hydrogen (secondary N) is 1. The molecule has 1 rings (SSSR count). The van der Waals surface area contributed by atoms with E-state index < -0.39 is 12.0 Å². The van der Waals surface area contributed by atoms with E-state index in [2.05, 4.69) is 5.32 Å². The predicted octanol–water partition coefficient (Wildman–Crippen LogP) is 2.16. The molecule has 0 bridgehead atoms. The molecule has 2 N–H and O–H groups in total. The van der Waals surface area contributed by atoms with E-state index in [1.54, 1.807) is 6.92 Å². The molecule has 1 unspecified atom stereocenters. The van der Waals surface area contributed by atoms with Gasteiger partial charge in [0.1, 0.15) is 6.04 Å². The number of carboxylic acids is 1. The fourth-order valence-corrected chi connectivity index (χ4v) is 1.74. The molecule has 18 heavy (non-hydrogen) atoms. The van der Waals surface area contributed by atoms with Gasteiger partial charge in [-0.25, -0.2) is 4.79 Å². The minimum absolute atomic E-state index is 0.248. The number of carboxylic acid groups (broad SMARTS) is 1. The van der Waals surface area contributed by atoms with Crippen LogP contribution in [0.2, 0.25) is 0 Å². The Bertz CT molecular complexity index is 403. The zero-order chi connectivity index (χ0) is 13.5. The van der Waals surface area contributed by atoms with Crippen molar-refractivity contribution in [3.63, 3.8) is 0 Å². The fraction of sp³-hybridized carbons (Fsp3) is 0.429. The van der Waals surface area contributed by atoms with Gasteiger partial charge in [-0.15, -0.1) is 0 Å². The van der Waals surface area contributed by atoms with Crippen molar-refractivity contribution >= 4 is 11.9 Å². The molecule has 98 valence electrons. The lowest BCUT2D eigenvalue weighted by Crippen LogP contribution is -2.42. The monoisotopic (exact) mass is 249 g/mol. The van der Waals surface area contributed by atoms with Crippen LogP contribution in [0, 0.1) is 0 Å². The van der Waals surface area contributed by atoms with Crippen molar-refractivity contribution < 1.29 is 14.7 Å². The smallest absolute Gasteiger partial charge is 0.326 e. The summed E-state index contributed by atoms with van der Waals surface area (Å²) in [5, 5.41) is 11.6. The van der Waals surface area contributed by atoms with Crippen LogP contribution in [-0.2, 0) is 9.59 Å². The molecule has 0 heterocycles. The lowest BCUT2D eigenvalue weighted by atomic mass is 10.00. The topological polar surface area (TPSA) is 66.4 Å². The molecule has 0 aliphatic heterocycles. The minimum Gasteiger partial charge on any atom is -0.480 e. The average molecular weight is 249 g/mol. The van der Waals surface area contributed by atoms with Crippen molar-refractivity contribution in [1.29, 1.82) is 0 Å². The predicted molar refractivity (Wildman–Crippen MR) is 69.3 cm³/mol. The molecule has 1 aromatic rings. The van der Waals surface area contributed by atoms with Crippen LogP contribution in [0.15, 0.2) is 30.3 Å². The Labute approximate surface area is 107 Å². The lowest BCUT2D eigenvalue weighted by molar-refractivity contribution is -0.142. The molecule has 0 aliphatic rings. The maximum absolute atomic E-state index is 12.0. The quantitative estimate of drug-likeness (QED) is 0.812. The number of aliphatic carboxylic acids is 1. The first kappa shape index (κ1) is 14.2. The molecule has 0 spiro atoms. The van der Waals surface area contributed by atoms with E-state index in [9.17, 15) is 9.59 Å². The Morgan fingerprint density at radius 1 is 1.28 bits per heavy atom. The summed E-state index contributed by atoms with van der Waals surface area (Å²) < 4.78 is 0. The molecule has 4 nitrogen and oxygen atoms in total. The second-order valence-electron chi connectivity index (χ2n) is 4.32. The molecule has 0 aromatic heterocycles. The fourth-order valence-electron chi connectivity index (χ4n) is 1.74. The van der Waals surface area contributed by atoms with Crippen LogP contribution in [0.3, 0.4) is 0 Å². The highest BCUT2D eigenvalue weighted by atomic mass is 16.4. The highest BCUT2D eigenvalue weighted by Crippen LogP contribution is 2.15. The molecule has 1 aromatic carbocycles. The lowest BCUT2D eigenvalue weighted by Gasteiger charge is -2.17. The van der Waals surface area contributed by atoms with E-state index in [0.29, 0.717) is 6.42 Å². The van der Waals surface area contributed by atoms with E-state index in [1.807, 2.05) is 37.3 Å². The molecular formula is C14H19NO3. The van der Waals surface area contributed by atoms with Crippen LogP contribution >= 0.6 is 0 Å². The van der Waals surface area contributed by atoms with Gasteiger partial charge in [-0.1, -0.05) is 43.7 Å². The largest absolute Gasteiger partial charge is 0.480 e. The Hall–Kier alpha value is -1.84. The number of rotatable bonds is 6. The maximum Gasteiger partial charge on any atom is 0.326 e. The zero-order valence-corrected chi connectivity index (χ0v) is 10.7. The second kappa shape index (κ2) is 6.79. The number of amides is 1. The van der Waals surface area contributed by atoms with Crippen LogP contribution in [0.1, 0.15) is 38.2 Å². The van der Waals surface area contributed by atoms with Gasteiger partial charge in [-0.3, -0.25) is 4.79 Å². The van der Waals surface area contributed by atoms with Crippen molar-refractivity contribution in [3.05, 3.63) is 35.9 Å². The first-order chi connectivity index (χ1) is 8.56. The van der Waals surface area contributed by atoms with Gasteiger partial charge in [0.15, 0.2) is 0 Å². The van der Waals surface area contributed by atoms with Crippen LogP contribution in [0.4, 0.5) is 0 Å². The van der Waals surface area contributed by atoms with Crippen LogP contribution < -0.4 is 5.32 Å². The summed E-state index contributed by atoms with van der Waals surface area (Å²) >= 11 is 0. The SMILES string of the molecule is CCC[C@@H](NC(=O)C(C)c1ccccc1)C(=O)O. The van der Waals surface area contributed by atoms with Gasteiger partial charge < -0.3 is 10.4 Å². The summed E-state index contributed by atoms with van der Waals surface area (Å²) in [6.45, 7) is 3.66. The Morgan fingerprint density at radius 2 is 1.89 bits per heavy atom. The molecule has 0 saturated carbocycles. The highest BCUT2D eigenvalue weighted by molar-refractivity contribution is 5.87. The Balaban J connectivity index is 2.67. The second-order valence-corrected chi connectivity index (χ2v) is 4.32. The van der Waals surface area contributed by atoms with Crippen LogP contribution in [-0.4, -0.2) is 23.0 Å². The average Bonchev–Trinajstić information content (AvgIpc) is 2.38. The normalized spacial score (nSPS) is 13.7. The van der Waals surface area contributed by atoms with Crippen molar-refractivity contribution in [3.8, 4) is 0 Å². The van der Waals surface area contributed by atoms with E-state index in [4.69, 9.17) is 5.11 Å². The van der Waals surface area contributed by atoms with Gasteiger partial charge in [0, 0.05) is 0 Å². The number of benzene rings is 1. The number of carbonyl (C=O) groups is 2. The number of carbonyl (C=O) groups excluding carboxylic acids is 1. The molecule has 0 saturated heterocycles. The number of hydrogen-bond acceptors (Lipinski definition) is 2. The summed E-state index contributed by atoms with van der Waals surface area (Å²) in [5.74, 6) is -1.57. The third-order valence-corrected chi connectivity index (χ3v) is 2.88. The molecular weight excluding hydrogens is 230 g/mol. The van der Waals surface area contributed by atoms with E-state index >= 15 is 0 Å². The molecule has 4 heteroatoms. The summed E-state index contributed by atoms with van der Waals surface area (Å²) in [7, 11) is 0. The third kappa shape index (κ3) is 3.87. The highest BCUT2D eigenvalue weighted by Gasteiger charge is 2.22. The minimum atomic E-state index is -0.981. The number of hydrogen-bond donors (Lipinski definition) is 2. The van der Waals surface area contributed by atoms with E-state index in [0.717, 1.165) is 12.0 Å². The van der Waals surface area contributed by atoms with Crippen molar-refractivity contribution in [2.75, 3.05) is 0 Å². The summed E-state index contributed by atoms with van der Waals surface area (Å²) in [4.78, 5) is 22.9. The zero-order valence-electron chi connectivity index (χ0n) is 10.7. The molecule has 0 fully saturated rings. The first-order valence-corrected chi connectivity index (χ1v) is 6.14. The van der Waals surface area contributed by atoms with Gasteiger partial charge in [0.2, 0.25) is 5.91 Å². The van der Waals surface area contributed by atoms with Gasteiger partial charge in [-0.2, -0.15) is 0 Å². The van der Waals surface area contributed by atoms with Gasteiger partial charge in [-0.05, 0) is 18.9 Å². The third-order valence-electron chi connectivity index (χ3n) is 2.88. The first-order valence-electron chi connectivity index (χ1n) is 6.14. The van der Waals surface area contributed by atoms with Gasteiger partial charge >= 0.3 is 5.97 Å². The van der Waals surface area contributed by atoms with Crippen molar-refractivity contribution in [1.82, 2.24) is 5.32 Å². The van der Waals surface area contributed by atoms with Gasteiger partial charge in [0.05, 0.1) is 5.92 Å². The summed E-state index contributed by atoms with van der Waals surface area (Å²) in [5.41, 5.74) is 0.885. The van der Waals surface area contributed by atoms with E-state index in [-0.39, 0.29) is 11.8 Å². The van der Waals surface area contributed by atoms with E-state index in [1.165, 1.54) is 0 Å². The summed E-state index contributed by atoms with van der Waals surface area (Å²) in [6.07, 6.45) is 1.17. The summed E-state index contributed by atoms with van der Waals surface area (Å²) in [6, 6.07) is 8.53. The molecule has 2 atom stereocenters. The Kier molecular flexibility index (Phi) is 5.36. The van der Waals surface area contributed by atoms with Gasteiger partial charge in [0.25, 0.3) is 0 Å². The standard InChI is InChI=1S/C14H19NO3/c1-3-7-12(14(17)18)15-13(16)10(2)11-8-5-4-6-9-11/h4-6,8-10,12H,3,7H2,1-2H3,(H,15,16)(H,17,18)/t10?,12-/m1/s1. The van der Waals surface area contributed by atoms with Crippen LogP contribution in [0.25, 0.3) is 0 Å². The molecule has 1 amide bonds. The molecule has 0 aliphatic carbocycles. The van der Waals surface area contributed by atoms with Crippen molar-refractivity contribution in [2.45, 2.75) is 38.6 Å². The van der Waals surface area contributed by atoms with Crippen LogP contribution in [0.5, 0.6) is 0 Å². The maximum atomic E-state index is 12.0. The molecule has 0 radical (unpaired) electrons. The van der Waals surface area contributed by atoms with Crippen molar-refractivity contribution in [2.24, 2.45) is 0 Å².